The number of ketones is 2. The van der Waals surface area contributed by atoms with Crippen LogP contribution in [0.5, 0.6) is 11.5 Å². The molecular weight excluding hydrogens is 246 g/mol. The van der Waals surface area contributed by atoms with E-state index in [-0.39, 0.29) is 0 Å². The fourth-order valence-electron chi connectivity index (χ4n) is 1.59. The van der Waals surface area contributed by atoms with Crippen LogP contribution < -0.4 is 14.8 Å². The molecule has 0 aromatic heterocycles. The maximum absolute atomic E-state index is 11.4. The van der Waals surface area contributed by atoms with Crippen molar-refractivity contribution in [1.82, 2.24) is 5.32 Å². The summed E-state index contributed by atoms with van der Waals surface area (Å²) in [5, 5.41) is 2.82. The maximum Gasteiger partial charge on any atom is 0.229 e. The smallest absolute Gasteiger partial charge is 0.229 e. The molecule has 5 nitrogen and oxygen atoms in total. The molecule has 0 saturated carbocycles. The summed E-state index contributed by atoms with van der Waals surface area (Å²) in [7, 11) is 3.23. The minimum absolute atomic E-state index is 0.317. The second-order valence-corrected chi connectivity index (χ2v) is 3.82. The molecule has 19 heavy (non-hydrogen) atoms. The van der Waals surface area contributed by atoms with Gasteiger partial charge in [-0.15, -0.1) is 0 Å². The first-order valence-corrected chi connectivity index (χ1v) is 5.65. The highest BCUT2D eigenvalue weighted by Gasteiger charge is 2.21. The van der Waals surface area contributed by atoms with E-state index in [0.717, 1.165) is 0 Å². The largest absolute Gasteiger partial charge is 0.497 e. The van der Waals surface area contributed by atoms with E-state index in [2.05, 4.69) is 5.32 Å². The van der Waals surface area contributed by atoms with Crippen LogP contribution in [-0.2, 0) is 9.59 Å². The Labute approximate surface area is 110 Å². The second kappa shape index (κ2) is 5.39. The van der Waals surface area contributed by atoms with E-state index in [1.54, 1.807) is 38.4 Å². The van der Waals surface area contributed by atoms with Gasteiger partial charge in [-0.05, 0) is 24.3 Å². The zero-order chi connectivity index (χ0) is 13.8. The van der Waals surface area contributed by atoms with E-state index in [1.165, 1.54) is 12.2 Å². The normalized spacial score (nSPS) is 14.6. The van der Waals surface area contributed by atoms with Crippen molar-refractivity contribution in [3.8, 4) is 11.5 Å². The summed E-state index contributed by atoms with van der Waals surface area (Å²) in [6, 6.07) is 6.92. The first kappa shape index (κ1) is 12.9. The molecule has 0 fully saturated rings. The minimum atomic E-state index is -0.595. The van der Waals surface area contributed by atoms with Crippen LogP contribution in [0.3, 0.4) is 0 Å². The van der Waals surface area contributed by atoms with Crippen molar-refractivity contribution < 1.29 is 19.1 Å². The Morgan fingerprint density at radius 1 is 0.947 bits per heavy atom. The van der Waals surface area contributed by atoms with Gasteiger partial charge in [0.25, 0.3) is 0 Å². The average Bonchev–Trinajstić information content (AvgIpc) is 2.43. The van der Waals surface area contributed by atoms with Crippen LogP contribution in [-0.4, -0.2) is 25.7 Å². The van der Waals surface area contributed by atoms with Crippen LogP contribution in [0, 0.1) is 0 Å². The molecule has 1 aliphatic carbocycles. The molecule has 0 atom stereocenters. The van der Waals surface area contributed by atoms with Crippen LogP contribution in [0.1, 0.15) is 0 Å². The zero-order valence-electron chi connectivity index (χ0n) is 10.6. The fraction of sp³-hybridized carbons (Fsp3) is 0.143. The van der Waals surface area contributed by atoms with Gasteiger partial charge in [0.2, 0.25) is 11.6 Å². The van der Waals surface area contributed by atoms with Gasteiger partial charge in [-0.1, -0.05) is 0 Å². The number of hydrogen-bond donors (Lipinski definition) is 1. The van der Waals surface area contributed by atoms with E-state index >= 15 is 0 Å². The van der Waals surface area contributed by atoms with Crippen molar-refractivity contribution >= 4 is 11.6 Å². The molecule has 5 heteroatoms. The summed E-state index contributed by atoms with van der Waals surface area (Å²) >= 11 is 0. The van der Waals surface area contributed by atoms with Crippen LogP contribution in [0.15, 0.2) is 47.9 Å². The number of ether oxygens (including phenoxy) is 2. The van der Waals surface area contributed by atoms with E-state index in [0.29, 0.717) is 23.0 Å². The SMILES string of the molecule is CNC1=CC(=O)C(=O)C=C1Oc1ccc(OC)cc1. The summed E-state index contributed by atoms with van der Waals surface area (Å²) in [5.74, 6) is 0.419. The summed E-state index contributed by atoms with van der Waals surface area (Å²) in [6.07, 6.45) is 2.40. The molecule has 1 aliphatic rings. The van der Waals surface area contributed by atoms with E-state index in [1.807, 2.05) is 0 Å². The Morgan fingerprint density at radius 3 is 2.11 bits per heavy atom. The van der Waals surface area contributed by atoms with Gasteiger partial charge in [0.1, 0.15) is 11.5 Å². The first-order valence-electron chi connectivity index (χ1n) is 5.65. The van der Waals surface area contributed by atoms with Gasteiger partial charge in [-0.3, -0.25) is 9.59 Å². The van der Waals surface area contributed by atoms with Gasteiger partial charge in [-0.25, -0.2) is 0 Å². The summed E-state index contributed by atoms with van der Waals surface area (Å²) < 4.78 is 10.6. The fourth-order valence-corrected chi connectivity index (χ4v) is 1.59. The molecule has 0 radical (unpaired) electrons. The lowest BCUT2D eigenvalue weighted by atomic mass is 10.1. The van der Waals surface area contributed by atoms with Gasteiger partial charge >= 0.3 is 0 Å². The number of hydrogen-bond acceptors (Lipinski definition) is 5. The molecule has 1 aromatic rings. The van der Waals surface area contributed by atoms with Gasteiger partial charge in [0.05, 0.1) is 12.8 Å². The highest BCUT2D eigenvalue weighted by molar-refractivity contribution is 6.46. The number of benzene rings is 1. The van der Waals surface area contributed by atoms with Crippen LogP contribution >= 0.6 is 0 Å². The number of methoxy groups -OCH3 is 1. The van der Waals surface area contributed by atoms with Crippen LogP contribution in [0.25, 0.3) is 0 Å². The molecule has 1 N–H and O–H groups in total. The van der Waals surface area contributed by atoms with Gasteiger partial charge < -0.3 is 14.8 Å². The topological polar surface area (TPSA) is 64.6 Å². The Bertz CT molecular complexity index is 570. The predicted molar refractivity (Wildman–Crippen MR) is 68.9 cm³/mol. The molecule has 0 unspecified atom stereocenters. The Hall–Kier alpha value is -2.56. The van der Waals surface area contributed by atoms with Crippen molar-refractivity contribution in [2.75, 3.05) is 14.2 Å². The number of nitrogens with one attached hydrogen (secondary N) is 1. The average molecular weight is 259 g/mol. The second-order valence-electron chi connectivity index (χ2n) is 3.82. The molecule has 2 rings (SSSR count). The van der Waals surface area contributed by atoms with Crippen molar-refractivity contribution in [1.29, 1.82) is 0 Å². The lowest BCUT2D eigenvalue weighted by Gasteiger charge is -2.15. The molecule has 0 spiro atoms. The lowest BCUT2D eigenvalue weighted by Crippen LogP contribution is -2.23. The molecule has 0 bridgehead atoms. The predicted octanol–water partition coefficient (Wildman–Crippen LogP) is 1.21. The van der Waals surface area contributed by atoms with E-state index in [9.17, 15) is 9.59 Å². The summed E-state index contributed by atoms with van der Waals surface area (Å²) in [5.41, 5.74) is 0.473. The molecule has 0 amide bonds. The molecule has 0 aliphatic heterocycles. The third-order valence-electron chi connectivity index (χ3n) is 2.60. The van der Waals surface area contributed by atoms with Crippen LogP contribution in [0.2, 0.25) is 0 Å². The van der Waals surface area contributed by atoms with Gasteiger partial charge in [0, 0.05) is 19.2 Å². The third kappa shape index (κ3) is 2.82. The monoisotopic (exact) mass is 259 g/mol. The Kier molecular flexibility index (Phi) is 3.66. The Morgan fingerprint density at radius 2 is 1.53 bits per heavy atom. The van der Waals surface area contributed by atoms with E-state index < -0.39 is 11.6 Å². The first-order chi connectivity index (χ1) is 9.13. The number of likely N-dealkylation sites (N-methyl/N-ethyl adjacent to an activating group) is 1. The lowest BCUT2D eigenvalue weighted by molar-refractivity contribution is -0.131. The number of carbonyl (C=O) groups is 2. The minimum Gasteiger partial charge on any atom is -0.497 e. The molecule has 1 aromatic carbocycles. The molecule has 98 valence electrons. The number of rotatable bonds is 4. The number of carbonyl (C=O) groups excluding carboxylic acids is 2. The van der Waals surface area contributed by atoms with Gasteiger partial charge in [0.15, 0.2) is 5.76 Å². The third-order valence-corrected chi connectivity index (χ3v) is 2.60. The van der Waals surface area contributed by atoms with Crippen molar-refractivity contribution in [3.05, 3.63) is 47.9 Å². The molecule has 0 heterocycles. The standard InChI is InChI=1S/C14H13NO4/c1-15-11-7-12(16)13(17)8-14(11)19-10-5-3-9(18-2)4-6-10/h3-8,15H,1-2H3. The maximum atomic E-state index is 11.4. The van der Waals surface area contributed by atoms with Gasteiger partial charge in [-0.2, -0.15) is 0 Å². The highest BCUT2D eigenvalue weighted by atomic mass is 16.5. The zero-order valence-corrected chi connectivity index (χ0v) is 10.6. The number of allylic oxidation sites excluding steroid dienone is 2. The van der Waals surface area contributed by atoms with Crippen molar-refractivity contribution in [2.45, 2.75) is 0 Å². The Balaban J connectivity index is 2.21. The highest BCUT2D eigenvalue weighted by Crippen LogP contribution is 2.22. The molecule has 0 saturated heterocycles. The van der Waals surface area contributed by atoms with Crippen LogP contribution in [0.4, 0.5) is 0 Å². The molecular formula is C14H13NO4. The summed E-state index contributed by atoms with van der Waals surface area (Å²) in [6.45, 7) is 0. The van der Waals surface area contributed by atoms with E-state index in [4.69, 9.17) is 9.47 Å². The summed E-state index contributed by atoms with van der Waals surface area (Å²) in [4.78, 5) is 22.6. The van der Waals surface area contributed by atoms with Crippen molar-refractivity contribution in [3.63, 3.8) is 0 Å². The quantitative estimate of drug-likeness (QED) is 0.650. The van der Waals surface area contributed by atoms with Crippen molar-refractivity contribution in [2.24, 2.45) is 0 Å².